The van der Waals surface area contributed by atoms with Crippen molar-refractivity contribution in [2.24, 2.45) is 5.41 Å². The van der Waals surface area contributed by atoms with Crippen LogP contribution in [0.25, 0.3) is 0 Å². The highest BCUT2D eigenvalue weighted by molar-refractivity contribution is 6.74. The maximum atomic E-state index is 12.8. The summed E-state index contributed by atoms with van der Waals surface area (Å²) in [6.07, 6.45) is 1.13. The number of hydrogen-bond acceptors (Lipinski definition) is 4. The molecule has 5 nitrogen and oxygen atoms in total. The highest BCUT2D eigenvalue weighted by Crippen LogP contribution is 2.40. The molecule has 0 unspecified atom stereocenters. The lowest BCUT2D eigenvalue weighted by atomic mass is 9.84. The van der Waals surface area contributed by atoms with Crippen molar-refractivity contribution in [3.63, 3.8) is 0 Å². The quantitative estimate of drug-likeness (QED) is 0.493. The van der Waals surface area contributed by atoms with E-state index in [0.29, 0.717) is 13.0 Å². The minimum Gasteiger partial charge on any atom is -0.445 e. The van der Waals surface area contributed by atoms with Gasteiger partial charge in [0, 0.05) is 18.0 Å². The van der Waals surface area contributed by atoms with E-state index in [1.165, 1.54) is 0 Å². The van der Waals surface area contributed by atoms with Crippen molar-refractivity contribution in [2.45, 2.75) is 77.9 Å². The second kappa shape index (κ2) is 8.37. The molecule has 0 aromatic heterocycles. The number of ether oxygens (including phenoxy) is 1. The normalized spacial score (nSPS) is 20.9. The molecular weight excluding hydrogens is 370 g/mol. The molecule has 0 spiro atoms. The number of carbonyl (C=O) groups is 2. The van der Waals surface area contributed by atoms with E-state index < -0.39 is 13.7 Å². The Morgan fingerprint density at radius 3 is 2.32 bits per heavy atom. The first-order valence-electron chi connectivity index (χ1n) is 9.99. The van der Waals surface area contributed by atoms with Crippen LogP contribution in [0.1, 0.15) is 46.6 Å². The highest BCUT2D eigenvalue weighted by Gasteiger charge is 2.48. The Kier molecular flexibility index (Phi) is 6.76. The molecule has 156 valence electrons. The Morgan fingerprint density at radius 1 is 1.18 bits per heavy atom. The minimum absolute atomic E-state index is 0.0746. The number of carbonyl (C=O) groups excluding carboxylic acids is 2. The van der Waals surface area contributed by atoms with Crippen molar-refractivity contribution in [1.82, 2.24) is 4.90 Å². The zero-order valence-electron chi connectivity index (χ0n) is 18.3. The molecule has 1 aromatic rings. The lowest BCUT2D eigenvalue weighted by Gasteiger charge is -2.38. The summed E-state index contributed by atoms with van der Waals surface area (Å²) in [5.74, 6) is 0. The van der Waals surface area contributed by atoms with Crippen molar-refractivity contribution in [1.29, 1.82) is 0 Å². The van der Waals surface area contributed by atoms with Crippen LogP contribution in [-0.4, -0.2) is 44.3 Å². The van der Waals surface area contributed by atoms with Crippen molar-refractivity contribution >= 4 is 20.7 Å². The van der Waals surface area contributed by atoms with Crippen molar-refractivity contribution < 1.29 is 18.8 Å². The number of benzene rings is 1. The van der Waals surface area contributed by atoms with Gasteiger partial charge in [-0.05, 0) is 30.1 Å². The van der Waals surface area contributed by atoms with Crippen LogP contribution in [0.4, 0.5) is 4.79 Å². The lowest BCUT2D eigenvalue weighted by Crippen LogP contribution is -2.45. The molecule has 0 aliphatic carbocycles. The van der Waals surface area contributed by atoms with Crippen LogP contribution in [0.15, 0.2) is 30.3 Å². The molecule has 2 atom stereocenters. The number of amides is 1. The fraction of sp³-hybridized carbons (Fsp3) is 0.636. The summed E-state index contributed by atoms with van der Waals surface area (Å²) in [4.78, 5) is 26.2. The molecule has 1 fully saturated rings. The van der Waals surface area contributed by atoms with Gasteiger partial charge in [-0.1, -0.05) is 65.0 Å². The molecule has 1 aromatic carbocycles. The predicted octanol–water partition coefficient (Wildman–Crippen LogP) is 5.01. The fourth-order valence-corrected chi connectivity index (χ4v) is 4.62. The van der Waals surface area contributed by atoms with Gasteiger partial charge in [-0.2, -0.15) is 0 Å². The minimum atomic E-state index is -1.97. The first-order valence-corrected chi connectivity index (χ1v) is 12.9. The molecule has 0 bridgehead atoms. The summed E-state index contributed by atoms with van der Waals surface area (Å²) in [7, 11) is -1.97. The molecule has 1 amide bonds. The van der Waals surface area contributed by atoms with E-state index >= 15 is 0 Å². The van der Waals surface area contributed by atoms with Crippen LogP contribution >= 0.6 is 0 Å². The van der Waals surface area contributed by atoms with Crippen LogP contribution < -0.4 is 0 Å². The van der Waals surface area contributed by atoms with Crippen LogP contribution in [0.5, 0.6) is 0 Å². The zero-order valence-corrected chi connectivity index (χ0v) is 19.3. The Balaban J connectivity index is 2.13. The molecule has 6 heteroatoms. The summed E-state index contributed by atoms with van der Waals surface area (Å²) in [6.45, 7) is 15.5. The van der Waals surface area contributed by atoms with Gasteiger partial charge in [0.25, 0.3) is 0 Å². The van der Waals surface area contributed by atoms with Crippen LogP contribution in [0, 0.1) is 5.41 Å². The van der Waals surface area contributed by atoms with Gasteiger partial charge in [0.2, 0.25) is 0 Å². The fourth-order valence-electron chi connectivity index (χ4n) is 3.26. The van der Waals surface area contributed by atoms with Gasteiger partial charge in [0.1, 0.15) is 12.9 Å². The monoisotopic (exact) mass is 405 g/mol. The lowest BCUT2D eigenvalue weighted by molar-refractivity contribution is -0.117. The molecule has 1 aliphatic heterocycles. The third-order valence-electron chi connectivity index (χ3n) is 6.13. The van der Waals surface area contributed by atoms with Gasteiger partial charge in [0.15, 0.2) is 8.32 Å². The third-order valence-corrected chi connectivity index (χ3v) is 10.7. The maximum Gasteiger partial charge on any atom is 0.410 e. The average molecular weight is 406 g/mol. The van der Waals surface area contributed by atoms with Crippen LogP contribution in [-0.2, 0) is 20.6 Å². The first-order chi connectivity index (χ1) is 12.9. The smallest absolute Gasteiger partial charge is 0.410 e. The summed E-state index contributed by atoms with van der Waals surface area (Å²) in [5.41, 5.74) is 0.285. The van der Waals surface area contributed by atoms with Crippen LogP contribution in [0.2, 0.25) is 18.1 Å². The van der Waals surface area contributed by atoms with Gasteiger partial charge in [0.05, 0.1) is 6.10 Å². The van der Waals surface area contributed by atoms with Crippen LogP contribution in [0.3, 0.4) is 0 Å². The highest BCUT2D eigenvalue weighted by atomic mass is 28.4. The summed E-state index contributed by atoms with van der Waals surface area (Å²) >= 11 is 0. The molecule has 0 saturated carbocycles. The molecular formula is C22H35NO4Si. The second-order valence-electron chi connectivity index (χ2n) is 9.88. The molecule has 28 heavy (non-hydrogen) atoms. The topological polar surface area (TPSA) is 55.8 Å². The van der Waals surface area contributed by atoms with E-state index in [4.69, 9.17) is 9.16 Å². The van der Waals surface area contributed by atoms with E-state index in [-0.39, 0.29) is 29.9 Å². The van der Waals surface area contributed by atoms with Gasteiger partial charge >= 0.3 is 6.09 Å². The molecule has 1 aliphatic rings. The Morgan fingerprint density at radius 2 is 1.79 bits per heavy atom. The summed E-state index contributed by atoms with van der Waals surface area (Å²) in [6, 6.07) is 9.38. The van der Waals surface area contributed by atoms with Crippen molar-refractivity contribution in [3.8, 4) is 0 Å². The predicted molar refractivity (Wildman–Crippen MR) is 114 cm³/mol. The number of hydrogen-bond donors (Lipinski definition) is 0. The van der Waals surface area contributed by atoms with Gasteiger partial charge in [-0.25, -0.2) is 4.79 Å². The average Bonchev–Trinajstić information content (AvgIpc) is 3.03. The van der Waals surface area contributed by atoms with E-state index in [1.807, 2.05) is 44.2 Å². The van der Waals surface area contributed by atoms with Gasteiger partial charge < -0.3 is 18.9 Å². The Hall–Kier alpha value is -1.66. The standard InChI is InChI=1S/C22H35NO4Si/c1-21(2,3)28(6,7)27-18-13-19(22(4,5)16-24)23(14-18)20(25)26-15-17-11-9-8-10-12-17/h8-12,16,18-19H,13-15H2,1-7H3/t18-,19-/m1/s1. The second-order valence-corrected chi connectivity index (χ2v) is 14.6. The zero-order chi connectivity index (χ0) is 21.2. The number of rotatable bonds is 6. The Labute approximate surface area is 170 Å². The van der Waals surface area contributed by atoms with Gasteiger partial charge in [-0.15, -0.1) is 0 Å². The molecule has 1 saturated heterocycles. The molecule has 0 radical (unpaired) electrons. The number of nitrogens with zero attached hydrogens (tertiary/aromatic N) is 1. The maximum absolute atomic E-state index is 12.8. The van der Waals surface area contributed by atoms with Crippen molar-refractivity contribution in [3.05, 3.63) is 35.9 Å². The van der Waals surface area contributed by atoms with Crippen molar-refractivity contribution in [2.75, 3.05) is 6.54 Å². The summed E-state index contributed by atoms with van der Waals surface area (Å²) in [5, 5.41) is 0.0872. The van der Waals surface area contributed by atoms with E-state index in [9.17, 15) is 9.59 Å². The van der Waals surface area contributed by atoms with E-state index in [2.05, 4.69) is 33.9 Å². The SMILES string of the molecule is CC(C)(C=O)[C@H]1C[C@@H](O[Si](C)(C)C(C)(C)C)CN1C(=O)OCc1ccccc1. The molecule has 0 N–H and O–H groups in total. The van der Waals surface area contributed by atoms with E-state index in [1.54, 1.807) is 4.90 Å². The third kappa shape index (κ3) is 5.23. The van der Waals surface area contributed by atoms with Gasteiger partial charge in [-0.3, -0.25) is 0 Å². The number of aldehydes is 1. The van der Waals surface area contributed by atoms with E-state index in [0.717, 1.165) is 11.8 Å². The Bertz CT molecular complexity index is 682. The number of likely N-dealkylation sites (tertiary alicyclic amines) is 1. The molecule has 2 rings (SSSR count). The first kappa shape index (κ1) is 22.6. The molecule has 1 heterocycles. The summed E-state index contributed by atoms with van der Waals surface area (Å²) < 4.78 is 12.1. The largest absolute Gasteiger partial charge is 0.445 e.